The van der Waals surface area contributed by atoms with Gasteiger partial charge in [0.2, 0.25) is 0 Å². The van der Waals surface area contributed by atoms with Gasteiger partial charge in [-0.25, -0.2) is 8.42 Å². The Morgan fingerprint density at radius 1 is 1.29 bits per heavy atom. The minimum absolute atomic E-state index is 0.116. The molecular formula is C15H29N3O2S. The molecule has 0 fully saturated rings. The van der Waals surface area contributed by atoms with Gasteiger partial charge in [-0.05, 0) is 39.0 Å². The third-order valence-corrected chi connectivity index (χ3v) is 5.26. The van der Waals surface area contributed by atoms with Crippen molar-refractivity contribution < 1.29 is 8.42 Å². The molecule has 6 heteroatoms. The lowest BCUT2D eigenvalue weighted by Gasteiger charge is -2.15. The van der Waals surface area contributed by atoms with Crippen LogP contribution in [-0.2, 0) is 9.84 Å². The van der Waals surface area contributed by atoms with Crippen molar-refractivity contribution in [3.63, 3.8) is 0 Å². The zero-order valence-corrected chi connectivity index (χ0v) is 14.1. The van der Waals surface area contributed by atoms with Crippen LogP contribution in [-0.4, -0.2) is 45.5 Å². The maximum Gasteiger partial charge on any atom is 0.191 e. The summed E-state index contributed by atoms with van der Waals surface area (Å²) in [6, 6.07) is 0. The maximum atomic E-state index is 11.4. The lowest BCUT2D eigenvalue weighted by molar-refractivity contribution is 0.597. The van der Waals surface area contributed by atoms with E-state index in [-0.39, 0.29) is 11.5 Å². The van der Waals surface area contributed by atoms with Crippen molar-refractivity contribution in [2.45, 2.75) is 46.0 Å². The molecule has 0 spiro atoms. The van der Waals surface area contributed by atoms with E-state index in [1.165, 1.54) is 31.3 Å². The lowest BCUT2D eigenvalue weighted by atomic mass is 9.97. The van der Waals surface area contributed by atoms with E-state index < -0.39 is 9.84 Å². The molecule has 2 N–H and O–H groups in total. The van der Waals surface area contributed by atoms with Crippen LogP contribution in [0.5, 0.6) is 0 Å². The number of guanidine groups is 1. The van der Waals surface area contributed by atoms with E-state index in [1.54, 1.807) is 6.92 Å². The third-order valence-electron chi connectivity index (χ3n) is 3.58. The summed E-state index contributed by atoms with van der Waals surface area (Å²) in [7, 11) is -2.94. The van der Waals surface area contributed by atoms with Gasteiger partial charge in [0.05, 0.1) is 12.3 Å². The molecule has 0 unspecified atom stereocenters. The SMILES string of the molecule is CCNC(=NCCS(=O)(=O)CC)NCCC1=CCCCC1. The molecule has 5 nitrogen and oxygen atoms in total. The van der Waals surface area contributed by atoms with Gasteiger partial charge in [-0.15, -0.1) is 0 Å². The van der Waals surface area contributed by atoms with E-state index >= 15 is 0 Å². The summed E-state index contributed by atoms with van der Waals surface area (Å²) in [5.41, 5.74) is 1.53. The fourth-order valence-electron chi connectivity index (χ4n) is 2.26. The average molecular weight is 315 g/mol. The molecule has 122 valence electrons. The fraction of sp³-hybridized carbons (Fsp3) is 0.800. The van der Waals surface area contributed by atoms with Gasteiger partial charge in [0.15, 0.2) is 15.8 Å². The van der Waals surface area contributed by atoms with E-state index in [1.807, 2.05) is 6.92 Å². The first-order chi connectivity index (χ1) is 10.1. The highest BCUT2D eigenvalue weighted by Crippen LogP contribution is 2.19. The van der Waals surface area contributed by atoms with Crippen molar-refractivity contribution in [2.75, 3.05) is 31.1 Å². The van der Waals surface area contributed by atoms with E-state index in [0.717, 1.165) is 19.5 Å². The highest BCUT2D eigenvalue weighted by atomic mass is 32.2. The van der Waals surface area contributed by atoms with Crippen LogP contribution >= 0.6 is 0 Å². The van der Waals surface area contributed by atoms with E-state index in [2.05, 4.69) is 21.7 Å². The van der Waals surface area contributed by atoms with Crippen LogP contribution in [0.25, 0.3) is 0 Å². The first-order valence-corrected chi connectivity index (χ1v) is 9.80. The standard InChI is InChI=1S/C15H29N3O2S/c1-3-16-15(18-12-13-21(19,20)4-2)17-11-10-14-8-6-5-7-9-14/h8H,3-7,9-13H2,1-2H3,(H2,16,17,18). The molecular weight excluding hydrogens is 286 g/mol. The molecule has 0 aliphatic heterocycles. The summed E-state index contributed by atoms with van der Waals surface area (Å²) in [6.07, 6.45) is 8.42. The second kappa shape index (κ2) is 9.82. The molecule has 0 radical (unpaired) electrons. The Labute approximate surface area is 129 Å². The summed E-state index contributed by atoms with van der Waals surface area (Å²) in [4.78, 5) is 4.33. The van der Waals surface area contributed by atoms with Crippen LogP contribution in [0.4, 0.5) is 0 Å². The van der Waals surface area contributed by atoms with Crippen LogP contribution < -0.4 is 10.6 Å². The number of aliphatic imine (C=N–C) groups is 1. The molecule has 0 amide bonds. The Balaban J connectivity index is 2.36. The Hall–Kier alpha value is -1.04. The first-order valence-electron chi connectivity index (χ1n) is 7.98. The van der Waals surface area contributed by atoms with Crippen LogP contribution in [0.2, 0.25) is 0 Å². The largest absolute Gasteiger partial charge is 0.357 e. The second-order valence-corrected chi connectivity index (χ2v) is 7.75. The van der Waals surface area contributed by atoms with Gasteiger partial charge in [0, 0.05) is 18.8 Å². The minimum Gasteiger partial charge on any atom is -0.357 e. The van der Waals surface area contributed by atoms with Gasteiger partial charge < -0.3 is 10.6 Å². The van der Waals surface area contributed by atoms with E-state index in [9.17, 15) is 8.42 Å². The number of hydrogen-bond acceptors (Lipinski definition) is 3. The zero-order chi connectivity index (χ0) is 15.6. The predicted octanol–water partition coefficient (Wildman–Crippen LogP) is 1.87. The predicted molar refractivity (Wildman–Crippen MR) is 89.5 cm³/mol. The van der Waals surface area contributed by atoms with Crippen LogP contribution in [0, 0.1) is 0 Å². The monoisotopic (exact) mass is 315 g/mol. The Kier molecular flexibility index (Phi) is 8.42. The van der Waals surface area contributed by atoms with Crippen LogP contribution in [0.3, 0.4) is 0 Å². The molecule has 21 heavy (non-hydrogen) atoms. The number of allylic oxidation sites excluding steroid dienone is 1. The van der Waals surface area contributed by atoms with Crippen LogP contribution in [0.15, 0.2) is 16.6 Å². The number of hydrogen-bond donors (Lipinski definition) is 2. The molecule has 1 aliphatic carbocycles. The summed E-state index contributed by atoms with van der Waals surface area (Å²) in [5.74, 6) is 1.01. The van der Waals surface area contributed by atoms with Crippen LogP contribution in [0.1, 0.15) is 46.0 Å². The number of nitrogens with zero attached hydrogens (tertiary/aromatic N) is 1. The number of sulfone groups is 1. The molecule has 0 saturated heterocycles. The number of rotatable bonds is 8. The number of nitrogens with one attached hydrogen (secondary N) is 2. The molecule has 0 saturated carbocycles. The maximum absolute atomic E-state index is 11.4. The van der Waals surface area contributed by atoms with E-state index in [4.69, 9.17) is 0 Å². The van der Waals surface area contributed by atoms with Crippen molar-refractivity contribution in [1.29, 1.82) is 0 Å². The molecule has 1 rings (SSSR count). The van der Waals surface area contributed by atoms with Gasteiger partial charge in [0.25, 0.3) is 0 Å². The zero-order valence-electron chi connectivity index (χ0n) is 13.3. The summed E-state index contributed by atoms with van der Waals surface area (Å²) in [5, 5.41) is 6.42. The molecule has 0 heterocycles. The molecule has 0 aromatic rings. The highest BCUT2D eigenvalue weighted by molar-refractivity contribution is 7.91. The first kappa shape index (κ1) is 18.0. The quantitative estimate of drug-likeness (QED) is 0.407. The Morgan fingerprint density at radius 3 is 2.71 bits per heavy atom. The second-order valence-electron chi connectivity index (χ2n) is 5.28. The average Bonchev–Trinajstić information content (AvgIpc) is 2.48. The highest BCUT2D eigenvalue weighted by Gasteiger charge is 2.07. The van der Waals surface area contributed by atoms with Gasteiger partial charge in [-0.1, -0.05) is 18.6 Å². The Morgan fingerprint density at radius 2 is 2.10 bits per heavy atom. The fourth-order valence-corrected chi connectivity index (χ4v) is 2.91. The van der Waals surface area contributed by atoms with Crippen molar-refractivity contribution in [3.05, 3.63) is 11.6 Å². The topological polar surface area (TPSA) is 70.6 Å². The smallest absolute Gasteiger partial charge is 0.191 e. The molecule has 1 aliphatic rings. The summed E-state index contributed by atoms with van der Waals surface area (Å²) >= 11 is 0. The van der Waals surface area contributed by atoms with Gasteiger partial charge in [-0.3, -0.25) is 4.99 Å². The normalized spacial score (nSPS) is 16.5. The lowest BCUT2D eigenvalue weighted by Crippen LogP contribution is -2.38. The van der Waals surface area contributed by atoms with Gasteiger partial charge in [-0.2, -0.15) is 0 Å². The van der Waals surface area contributed by atoms with Crippen molar-refractivity contribution in [1.82, 2.24) is 10.6 Å². The Bertz CT molecular complexity index is 456. The molecule has 0 atom stereocenters. The van der Waals surface area contributed by atoms with E-state index in [0.29, 0.717) is 12.5 Å². The van der Waals surface area contributed by atoms with Crippen molar-refractivity contribution >= 4 is 15.8 Å². The molecule has 0 aromatic heterocycles. The minimum atomic E-state index is -2.94. The summed E-state index contributed by atoms with van der Waals surface area (Å²) < 4.78 is 22.9. The molecule has 0 bridgehead atoms. The summed E-state index contributed by atoms with van der Waals surface area (Å²) in [6.45, 7) is 5.60. The van der Waals surface area contributed by atoms with Crippen molar-refractivity contribution in [2.24, 2.45) is 4.99 Å². The van der Waals surface area contributed by atoms with Crippen molar-refractivity contribution in [3.8, 4) is 0 Å². The van der Waals surface area contributed by atoms with Gasteiger partial charge >= 0.3 is 0 Å². The third kappa shape index (κ3) is 8.09. The van der Waals surface area contributed by atoms with Gasteiger partial charge in [0.1, 0.15) is 0 Å². The molecule has 0 aromatic carbocycles.